The summed E-state index contributed by atoms with van der Waals surface area (Å²) in [7, 11) is 0. The molecule has 1 atom stereocenters. The predicted octanol–water partition coefficient (Wildman–Crippen LogP) is 4.61. The molecule has 2 N–H and O–H groups in total. The highest BCUT2D eigenvalue weighted by Gasteiger charge is 2.19. The molecule has 1 saturated heterocycles. The van der Waals surface area contributed by atoms with Crippen molar-refractivity contribution < 1.29 is 9.53 Å². The molecule has 0 bridgehead atoms. The third-order valence-corrected chi connectivity index (χ3v) is 7.53. The Labute approximate surface area is 205 Å². The first-order chi connectivity index (χ1) is 16.6. The molecule has 1 amide bonds. The molecule has 174 valence electrons. The molecule has 9 heteroatoms. The Morgan fingerprint density at radius 3 is 2.62 bits per heavy atom. The second-order valence-electron chi connectivity index (χ2n) is 7.96. The van der Waals surface area contributed by atoms with E-state index in [0.717, 1.165) is 48.8 Å². The van der Waals surface area contributed by atoms with Crippen LogP contribution in [0.4, 0.5) is 11.4 Å². The summed E-state index contributed by atoms with van der Waals surface area (Å²) in [6, 6.07) is 17.6. The van der Waals surface area contributed by atoms with E-state index >= 15 is 0 Å². The lowest BCUT2D eigenvalue weighted by atomic mass is 10.1. The van der Waals surface area contributed by atoms with Gasteiger partial charge in [0.15, 0.2) is 5.16 Å². The van der Waals surface area contributed by atoms with Gasteiger partial charge in [0.2, 0.25) is 5.91 Å². The summed E-state index contributed by atoms with van der Waals surface area (Å²) < 4.78 is 5.40. The SMILES string of the molecule is CC(Sc1nc2scc(-c3ccccc3)c2c(=O)[nH]1)C(=O)Nc1ccc(N2CCOCC2)cc1. The van der Waals surface area contributed by atoms with Gasteiger partial charge in [-0.05, 0) is 36.8 Å². The number of ether oxygens (including phenoxy) is 1. The van der Waals surface area contributed by atoms with Gasteiger partial charge in [-0.2, -0.15) is 0 Å². The lowest BCUT2D eigenvalue weighted by Crippen LogP contribution is -2.36. The lowest BCUT2D eigenvalue weighted by Gasteiger charge is -2.28. The maximum absolute atomic E-state index is 12.8. The van der Waals surface area contributed by atoms with Crippen molar-refractivity contribution in [3.63, 3.8) is 0 Å². The maximum Gasteiger partial charge on any atom is 0.260 e. The van der Waals surface area contributed by atoms with Crippen LogP contribution in [-0.2, 0) is 9.53 Å². The summed E-state index contributed by atoms with van der Waals surface area (Å²) in [5, 5.41) is 5.48. The number of carbonyl (C=O) groups excluding carboxylic acids is 1. The van der Waals surface area contributed by atoms with E-state index in [0.29, 0.717) is 15.4 Å². The van der Waals surface area contributed by atoms with E-state index in [9.17, 15) is 9.59 Å². The van der Waals surface area contributed by atoms with Crippen LogP contribution >= 0.6 is 23.1 Å². The molecule has 0 radical (unpaired) electrons. The van der Waals surface area contributed by atoms with Crippen LogP contribution in [0.2, 0.25) is 0 Å². The van der Waals surface area contributed by atoms with Gasteiger partial charge in [0.1, 0.15) is 4.83 Å². The number of carbonyl (C=O) groups is 1. The van der Waals surface area contributed by atoms with Gasteiger partial charge in [0.25, 0.3) is 5.56 Å². The van der Waals surface area contributed by atoms with Crippen LogP contribution in [-0.4, -0.2) is 47.4 Å². The highest BCUT2D eigenvalue weighted by atomic mass is 32.2. The van der Waals surface area contributed by atoms with E-state index in [1.807, 2.05) is 60.0 Å². The molecule has 7 nitrogen and oxygen atoms in total. The number of morpholine rings is 1. The average molecular weight is 493 g/mol. The molecular formula is C25H24N4O3S2. The van der Waals surface area contributed by atoms with Gasteiger partial charge >= 0.3 is 0 Å². The number of rotatable bonds is 6. The van der Waals surface area contributed by atoms with Gasteiger partial charge < -0.3 is 19.9 Å². The number of hydrogen-bond acceptors (Lipinski definition) is 7. The van der Waals surface area contributed by atoms with Gasteiger partial charge in [-0.15, -0.1) is 11.3 Å². The molecule has 2 aromatic heterocycles. The smallest absolute Gasteiger partial charge is 0.260 e. The molecule has 0 saturated carbocycles. The molecule has 34 heavy (non-hydrogen) atoms. The Morgan fingerprint density at radius 1 is 1.15 bits per heavy atom. The first kappa shape index (κ1) is 22.6. The van der Waals surface area contributed by atoms with E-state index in [2.05, 4.69) is 20.2 Å². The van der Waals surface area contributed by atoms with Crippen LogP contribution < -0.4 is 15.8 Å². The number of nitrogens with one attached hydrogen (secondary N) is 2. The van der Waals surface area contributed by atoms with Gasteiger partial charge in [-0.3, -0.25) is 9.59 Å². The number of thioether (sulfide) groups is 1. The number of aromatic nitrogens is 2. The number of benzene rings is 2. The van der Waals surface area contributed by atoms with Crippen molar-refractivity contribution in [1.82, 2.24) is 9.97 Å². The minimum atomic E-state index is -0.437. The third kappa shape index (κ3) is 4.86. The summed E-state index contributed by atoms with van der Waals surface area (Å²) in [6.07, 6.45) is 0. The maximum atomic E-state index is 12.8. The number of fused-ring (bicyclic) bond motifs is 1. The second-order valence-corrected chi connectivity index (χ2v) is 10.1. The quantitative estimate of drug-likeness (QED) is 0.302. The number of anilines is 2. The normalized spacial score (nSPS) is 14.8. The van der Waals surface area contributed by atoms with E-state index in [4.69, 9.17) is 4.74 Å². The third-order valence-electron chi connectivity index (χ3n) is 5.68. The molecule has 0 aliphatic carbocycles. The Morgan fingerprint density at radius 2 is 1.88 bits per heavy atom. The Hall–Kier alpha value is -3.14. The molecule has 1 aliphatic rings. The Balaban J connectivity index is 1.26. The minimum absolute atomic E-state index is 0.150. The standard InChI is InChI=1S/C25H24N4O3S2/c1-16(22(30)26-18-7-9-19(10-8-18)29-11-13-32-14-12-29)34-25-27-23(31)21-20(15-33-24(21)28-25)17-5-3-2-4-6-17/h2-10,15-16H,11-14H2,1H3,(H,26,30)(H,27,28,31). The average Bonchev–Trinajstić information content (AvgIpc) is 3.30. The largest absolute Gasteiger partial charge is 0.378 e. The number of nitrogens with zero attached hydrogens (tertiary/aromatic N) is 2. The van der Waals surface area contributed by atoms with Crippen molar-refractivity contribution >= 4 is 50.6 Å². The molecule has 1 aliphatic heterocycles. The second kappa shape index (κ2) is 10.0. The summed E-state index contributed by atoms with van der Waals surface area (Å²) in [5.41, 5.74) is 3.51. The molecular weight excluding hydrogens is 468 g/mol. The zero-order chi connectivity index (χ0) is 23.5. The van der Waals surface area contributed by atoms with Crippen molar-refractivity contribution in [1.29, 1.82) is 0 Å². The summed E-state index contributed by atoms with van der Waals surface area (Å²) in [6.45, 7) is 5.00. The molecule has 2 aromatic carbocycles. The molecule has 5 rings (SSSR count). The fraction of sp³-hybridized carbons (Fsp3) is 0.240. The number of thiophene rings is 1. The number of amides is 1. The van der Waals surface area contributed by atoms with Crippen LogP contribution in [0.1, 0.15) is 6.92 Å². The molecule has 4 aromatic rings. The Kier molecular flexibility index (Phi) is 6.66. The first-order valence-electron chi connectivity index (χ1n) is 11.1. The van der Waals surface area contributed by atoms with Crippen molar-refractivity contribution in [2.45, 2.75) is 17.3 Å². The topological polar surface area (TPSA) is 87.3 Å². The van der Waals surface area contributed by atoms with Gasteiger partial charge in [0, 0.05) is 35.4 Å². The molecule has 0 spiro atoms. The van der Waals surface area contributed by atoms with E-state index in [-0.39, 0.29) is 11.5 Å². The molecule has 1 unspecified atom stereocenters. The van der Waals surface area contributed by atoms with Crippen LogP contribution in [0.5, 0.6) is 0 Å². The van der Waals surface area contributed by atoms with Gasteiger partial charge in [0.05, 0.1) is 23.8 Å². The van der Waals surface area contributed by atoms with E-state index in [1.165, 1.54) is 23.1 Å². The highest BCUT2D eigenvalue weighted by molar-refractivity contribution is 8.00. The van der Waals surface area contributed by atoms with Gasteiger partial charge in [-0.25, -0.2) is 4.98 Å². The zero-order valence-electron chi connectivity index (χ0n) is 18.6. The van der Waals surface area contributed by atoms with E-state index in [1.54, 1.807) is 6.92 Å². The summed E-state index contributed by atoms with van der Waals surface area (Å²) in [4.78, 5) is 36.0. The van der Waals surface area contributed by atoms with Crippen LogP contribution in [0.3, 0.4) is 0 Å². The number of aromatic amines is 1. The number of H-pyrrole nitrogens is 1. The van der Waals surface area contributed by atoms with E-state index < -0.39 is 5.25 Å². The van der Waals surface area contributed by atoms with Crippen molar-refractivity contribution in [2.24, 2.45) is 0 Å². The fourth-order valence-electron chi connectivity index (χ4n) is 3.86. The molecule has 3 heterocycles. The van der Waals surface area contributed by atoms with Crippen LogP contribution in [0.25, 0.3) is 21.3 Å². The van der Waals surface area contributed by atoms with Crippen molar-refractivity contribution in [3.05, 3.63) is 70.3 Å². The van der Waals surface area contributed by atoms with Crippen LogP contribution in [0, 0.1) is 0 Å². The highest BCUT2D eigenvalue weighted by Crippen LogP contribution is 2.32. The minimum Gasteiger partial charge on any atom is -0.378 e. The summed E-state index contributed by atoms with van der Waals surface area (Å²) >= 11 is 2.67. The van der Waals surface area contributed by atoms with Crippen molar-refractivity contribution in [2.75, 3.05) is 36.5 Å². The first-order valence-corrected chi connectivity index (χ1v) is 12.8. The van der Waals surface area contributed by atoms with Crippen LogP contribution in [0.15, 0.2) is 69.9 Å². The monoisotopic (exact) mass is 492 g/mol. The van der Waals surface area contributed by atoms with Gasteiger partial charge in [-0.1, -0.05) is 42.1 Å². The zero-order valence-corrected chi connectivity index (χ0v) is 20.2. The predicted molar refractivity (Wildman–Crippen MR) is 139 cm³/mol. The van der Waals surface area contributed by atoms with Crippen molar-refractivity contribution in [3.8, 4) is 11.1 Å². The summed E-state index contributed by atoms with van der Waals surface area (Å²) in [5.74, 6) is -0.150. The lowest BCUT2D eigenvalue weighted by molar-refractivity contribution is -0.115. The Bertz CT molecular complexity index is 1350. The molecule has 1 fully saturated rings. The fourth-order valence-corrected chi connectivity index (χ4v) is 5.66. The number of hydrogen-bond donors (Lipinski definition) is 2.